The molecule has 106 valence electrons. The van der Waals surface area contributed by atoms with E-state index in [0.29, 0.717) is 6.61 Å². The second kappa shape index (κ2) is 7.50. The Kier molecular flexibility index (Phi) is 5.38. The summed E-state index contributed by atoms with van der Waals surface area (Å²) < 4.78 is 10.7. The van der Waals surface area contributed by atoms with E-state index in [4.69, 9.17) is 9.47 Å². The van der Waals surface area contributed by atoms with Gasteiger partial charge in [0.2, 0.25) is 0 Å². The minimum absolute atomic E-state index is 0.631. The minimum Gasteiger partial charge on any atom is -0.497 e. The maximum atomic E-state index is 5.64. The summed E-state index contributed by atoms with van der Waals surface area (Å²) >= 11 is 0. The molecule has 0 radical (unpaired) electrons. The van der Waals surface area contributed by atoms with Gasteiger partial charge in [-0.1, -0.05) is 0 Å². The second-order valence-corrected chi connectivity index (χ2v) is 4.50. The monoisotopic (exact) mass is 272 g/mol. The van der Waals surface area contributed by atoms with Gasteiger partial charge in [0, 0.05) is 25.5 Å². The maximum absolute atomic E-state index is 5.64. The quantitative estimate of drug-likeness (QED) is 0.787. The van der Waals surface area contributed by atoms with Gasteiger partial charge < -0.3 is 14.8 Å². The largest absolute Gasteiger partial charge is 0.497 e. The Morgan fingerprint density at radius 1 is 1.10 bits per heavy atom. The van der Waals surface area contributed by atoms with Crippen LogP contribution in [-0.2, 0) is 6.54 Å². The van der Waals surface area contributed by atoms with E-state index in [1.54, 1.807) is 7.11 Å². The molecule has 0 fully saturated rings. The zero-order chi connectivity index (χ0) is 14.2. The number of nitrogens with zero attached hydrogens (tertiary/aromatic N) is 1. The van der Waals surface area contributed by atoms with Crippen LogP contribution in [0.5, 0.6) is 11.5 Å². The molecule has 2 rings (SSSR count). The van der Waals surface area contributed by atoms with Crippen molar-refractivity contribution in [3.05, 3.63) is 53.9 Å². The van der Waals surface area contributed by atoms with E-state index in [0.717, 1.165) is 24.6 Å². The number of benzene rings is 1. The highest BCUT2D eigenvalue weighted by Gasteiger charge is 1.98. The predicted octanol–water partition coefficient (Wildman–Crippen LogP) is 2.57. The fraction of sp³-hybridized carbons (Fsp3) is 0.312. The average molecular weight is 272 g/mol. The van der Waals surface area contributed by atoms with Crippen LogP contribution in [0.15, 0.2) is 42.7 Å². The maximum Gasteiger partial charge on any atom is 0.119 e. The SMILES string of the molecule is COc1ccc(OCCNCc2cnccc2C)cc1. The van der Waals surface area contributed by atoms with Crippen LogP contribution in [0.2, 0.25) is 0 Å². The number of nitrogens with one attached hydrogen (secondary N) is 1. The highest BCUT2D eigenvalue weighted by molar-refractivity contribution is 5.31. The molecule has 0 aliphatic carbocycles. The summed E-state index contributed by atoms with van der Waals surface area (Å²) in [6.45, 7) is 4.32. The lowest BCUT2D eigenvalue weighted by Gasteiger charge is -2.09. The van der Waals surface area contributed by atoms with Crippen molar-refractivity contribution in [2.75, 3.05) is 20.3 Å². The minimum atomic E-state index is 0.631. The molecular formula is C16H20N2O2. The van der Waals surface area contributed by atoms with Crippen LogP contribution in [0.4, 0.5) is 0 Å². The van der Waals surface area contributed by atoms with Crippen LogP contribution in [0.3, 0.4) is 0 Å². The van der Waals surface area contributed by atoms with Gasteiger partial charge in [-0.25, -0.2) is 0 Å². The lowest BCUT2D eigenvalue weighted by atomic mass is 10.2. The Labute approximate surface area is 119 Å². The molecule has 0 saturated heterocycles. The molecule has 0 unspecified atom stereocenters. The third-order valence-corrected chi connectivity index (χ3v) is 3.07. The van der Waals surface area contributed by atoms with E-state index in [1.165, 1.54) is 11.1 Å². The van der Waals surface area contributed by atoms with Crippen molar-refractivity contribution >= 4 is 0 Å². The van der Waals surface area contributed by atoms with E-state index in [1.807, 2.05) is 42.7 Å². The molecular weight excluding hydrogens is 252 g/mol. The van der Waals surface area contributed by atoms with E-state index < -0.39 is 0 Å². The van der Waals surface area contributed by atoms with Crippen LogP contribution < -0.4 is 14.8 Å². The normalized spacial score (nSPS) is 10.3. The number of pyridine rings is 1. The molecule has 0 amide bonds. The molecule has 2 aromatic rings. The van der Waals surface area contributed by atoms with Crippen LogP contribution in [-0.4, -0.2) is 25.2 Å². The molecule has 0 bridgehead atoms. The smallest absolute Gasteiger partial charge is 0.119 e. The van der Waals surface area contributed by atoms with Crippen LogP contribution >= 0.6 is 0 Å². The summed E-state index contributed by atoms with van der Waals surface area (Å²) in [5, 5.41) is 3.35. The summed E-state index contributed by atoms with van der Waals surface area (Å²) in [6, 6.07) is 9.61. The van der Waals surface area contributed by atoms with Gasteiger partial charge >= 0.3 is 0 Å². The van der Waals surface area contributed by atoms with Gasteiger partial charge in [0.15, 0.2) is 0 Å². The van der Waals surface area contributed by atoms with Gasteiger partial charge in [0.1, 0.15) is 18.1 Å². The molecule has 20 heavy (non-hydrogen) atoms. The zero-order valence-electron chi connectivity index (χ0n) is 11.9. The molecule has 4 heteroatoms. The fourth-order valence-electron chi connectivity index (χ4n) is 1.82. The predicted molar refractivity (Wildman–Crippen MR) is 79.2 cm³/mol. The Bertz CT molecular complexity index is 526. The molecule has 4 nitrogen and oxygen atoms in total. The Morgan fingerprint density at radius 2 is 1.85 bits per heavy atom. The Morgan fingerprint density at radius 3 is 2.55 bits per heavy atom. The third kappa shape index (κ3) is 4.24. The van der Waals surface area contributed by atoms with Gasteiger partial charge in [0.25, 0.3) is 0 Å². The number of methoxy groups -OCH3 is 1. The van der Waals surface area contributed by atoms with Gasteiger partial charge in [0.05, 0.1) is 7.11 Å². The standard InChI is InChI=1S/C16H20N2O2/c1-13-7-8-17-11-14(13)12-18-9-10-20-16-5-3-15(19-2)4-6-16/h3-8,11,18H,9-10,12H2,1-2H3. The second-order valence-electron chi connectivity index (χ2n) is 4.50. The van der Waals surface area contributed by atoms with E-state index >= 15 is 0 Å². The lowest BCUT2D eigenvalue weighted by Crippen LogP contribution is -2.21. The van der Waals surface area contributed by atoms with Gasteiger partial charge in [-0.05, 0) is 48.4 Å². The Hall–Kier alpha value is -2.07. The first-order valence-electron chi connectivity index (χ1n) is 6.66. The number of ether oxygens (including phenoxy) is 2. The first-order chi connectivity index (χ1) is 9.79. The van der Waals surface area contributed by atoms with E-state index in [2.05, 4.69) is 17.2 Å². The highest BCUT2D eigenvalue weighted by atomic mass is 16.5. The molecule has 0 atom stereocenters. The number of aromatic nitrogens is 1. The topological polar surface area (TPSA) is 43.4 Å². The van der Waals surface area contributed by atoms with Crippen molar-refractivity contribution in [3.63, 3.8) is 0 Å². The van der Waals surface area contributed by atoms with Crippen LogP contribution in [0, 0.1) is 6.92 Å². The number of hydrogen-bond acceptors (Lipinski definition) is 4. The van der Waals surface area contributed by atoms with Crippen molar-refractivity contribution in [1.82, 2.24) is 10.3 Å². The van der Waals surface area contributed by atoms with Crippen molar-refractivity contribution in [3.8, 4) is 11.5 Å². The molecule has 1 heterocycles. The molecule has 0 aliphatic rings. The van der Waals surface area contributed by atoms with Gasteiger partial charge in [-0.3, -0.25) is 4.98 Å². The van der Waals surface area contributed by atoms with E-state index in [9.17, 15) is 0 Å². The molecule has 1 N–H and O–H groups in total. The molecule has 0 aliphatic heterocycles. The summed E-state index contributed by atoms with van der Waals surface area (Å²) in [5.41, 5.74) is 2.47. The number of aryl methyl sites for hydroxylation is 1. The van der Waals surface area contributed by atoms with Crippen molar-refractivity contribution in [2.24, 2.45) is 0 Å². The summed E-state index contributed by atoms with van der Waals surface area (Å²) in [7, 11) is 1.65. The molecule has 1 aromatic carbocycles. The fourth-order valence-corrected chi connectivity index (χ4v) is 1.82. The van der Waals surface area contributed by atoms with Gasteiger partial charge in [-0.15, -0.1) is 0 Å². The highest BCUT2D eigenvalue weighted by Crippen LogP contribution is 2.16. The average Bonchev–Trinajstić information content (AvgIpc) is 2.49. The van der Waals surface area contributed by atoms with Crippen molar-refractivity contribution in [2.45, 2.75) is 13.5 Å². The summed E-state index contributed by atoms with van der Waals surface area (Å²) in [4.78, 5) is 4.13. The van der Waals surface area contributed by atoms with E-state index in [-0.39, 0.29) is 0 Å². The van der Waals surface area contributed by atoms with Crippen molar-refractivity contribution in [1.29, 1.82) is 0 Å². The lowest BCUT2D eigenvalue weighted by molar-refractivity contribution is 0.313. The zero-order valence-corrected chi connectivity index (χ0v) is 11.9. The molecule has 0 spiro atoms. The summed E-state index contributed by atoms with van der Waals surface area (Å²) in [6.07, 6.45) is 3.71. The number of hydrogen-bond donors (Lipinski definition) is 1. The van der Waals surface area contributed by atoms with Crippen LogP contribution in [0.1, 0.15) is 11.1 Å². The molecule has 0 saturated carbocycles. The molecule has 1 aromatic heterocycles. The summed E-state index contributed by atoms with van der Waals surface area (Å²) in [5.74, 6) is 1.69. The first-order valence-corrected chi connectivity index (χ1v) is 6.66. The van der Waals surface area contributed by atoms with Crippen molar-refractivity contribution < 1.29 is 9.47 Å². The first kappa shape index (κ1) is 14.3. The number of rotatable bonds is 7. The Balaban J connectivity index is 1.67. The van der Waals surface area contributed by atoms with Gasteiger partial charge in [-0.2, -0.15) is 0 Å². The third-order valence-electron chi connectivity index (χ3n) is 3.07. The van der Waals surface area contributed by atoms with Crippen LogP contribution in [0.25, 0.3) is 0 Å².